The Labute approximate surface area is 240 Å². The number of halogens is 2. The third-order valence-corrected chi connectivity index (χ3v) is 7.97. The van der Waals surface area contributed by atoms with Crippen molar-refractivity contribution in [2.75, 3.05) is 0 Å². The summed E-state index contributed by atoms with van der Waals surface area (Å²) in [5, 5.41) is 0. The smallest absolute Gasteiger partial charge is 0.167 e. The van der Waals surface area contributed by atoms with Crippen LogP contribution < -0.4 is 0 Å². The van der Waals surface area contributed by atoms with Crippen LogP contribution in [0.25, 0.3) is 33.4 Å². The molecule has 0 amide bonds. The lowest BCUT2D eigenvalue weighted by atomic mass is 9.95. The van der Waals surface area contributed by atoms with E-state index in [4.69, 9.17) is 0 Å². The molecular weight excluding hydrogens is 494 g/mol. The highest BCUT2D eigenvalue weighted by Gasteiger charge is 2.16. The van der Waals surface area contributed by atoms with E-state index in [-0.39, 0.29) is 5.56 Å². The second kappa shape index (κ2) is 15.5. The standard InChI is InChI=1S/C38H44F2/c1-3-5-7-9-10-12-14-29-15-19-31(20-16-29)32-23-25-34(26-24-32)36-28-27-35(37(39)38(36)40)33-21-17-30(18-22-33)13-11-8-6-4-2/h15-28H,3-14H2,1-2H3. The summed E-state index contributed by atoms with van der Waals surface area (Å²) in [4.78, 5) is 0. The van der Waals surface area contributed by atoms with E-state index in [1.54, 1.807) is 12.1 Å². The molecule has 0 unspecified atom stereocenters. The van der Waals surface area contributed by atoms with Gasteiger partial charge in [0.05, 0.1) is 0 Å². The third-order valence-electron chi connectivity index (χ3n) is 7.97. The Morgan fingerprint density at radius 1 is 0.375 bits per heavy atom. The van der Waals surface area contributed by atoms with E-state index >= 15 is 8.78 Å². The van der Waals surface area contributed by atoms with Crippen molar-refractivity contribution in [3.05, 3.63) is 108 Å². The first-order valence-corrected chi connectivity index (χ1v) is 15.4. The summed E-state index contributed by atoms with van der Waals surface area (Å²) >= 11 is 0. The molecule has 210 valence electrons. The van der Waals surface area contributed by atoms with Gasteiger partial charge in [0.15, 0.2) is 11.6 Å². The Bertz CT molecular complexity index is 1300. The second-order valence-corrected chi connectivity index (χ2v) is 11.1. The van der Waals surface area contributed by atoms with Crippen LogP contribution in [0.3, 0.4) is 0 Å². The lowest BCUT2D eigenvalue weighted by Gasteiger charge is -2.11. The predicted molar refractivity (Wildman–Crippen MR) is 168 cm³/mol. The molecule has 0 aliphatic carbocycles. The van der Waals surface area contributed by atoms with Gasteiger partial charge in [-0.05, 0) is 59.1 Å². The molecule has 0 aliphatic rings. The maximum absolute atomic E-state index is 15.2. The Morgan fingerprint density at radius 2 is 0.700 bits per heavy atom. The minimum atomic E-state index is -0.798. The molecule has 4 aromatic rings. The number of unbranched alkanes of at least 4 members (excludes halogenated alkanes) is 8. The van der Waals surface area contributed by atoms with Gasteiger partial charge in [-0.25, -0.2) is 8.78 Å². The summed E-state index contributed by atoms with van der Waals surface area (Å²) in [6.07, 6.45) is 14.8. The average molecular weight is 539 g/mol. The van der Waals surface area contributed by atoms with Crippen molar-refractivity contribution in [2.24, 2.45) is 0 Å². The molecule has 40 heavy (non-hydrogen) atoms. The van der Waals surface area contributed by atoms with Crippen LogP contribution in [0.4, 0.5) is 8.78 Å². The van der Waals surface area contributed by atoms with Gasteiger partial charge in [-0.2, -0.15) is 0 Å². The molecule has 0 saturated heterocycles. The molecule has 4 aromatic carbocycles. The van der Waals surface area contributed by atoms with Crippen LogP contribution in [0.15, 0.2) is 84.9 Å². The van der Waals surface area contributed by atoms with E-state index in [1.165, 1.54) is 68.9 Å². The lowest BCUT2D eigenvalue weighted by molar-refractivity contribution is 0.514. The zero-order valence-corrected chi connectivity index (χ0v) is 24.3. The number of hydrogen-bond donors (Lipinski definition) is 0. The van der Waals surface area contributed by atoms with Crippen LogP contribution in [0, 0.1) is 11.6 Å². The Morgan fingerprint density at radius 3 is 1.15 bits per heavy atom. The van der Waals surface area contributed by atoms with Crippen molar-refractivity contribution in [1.29, 1.82) is 0 Å². The minimum absolute atomic E-state index is 0.287. The van der Waals surface area contributed by atoms with Crippen molar-refractivity contribution in [3.8, 4) is 33.4 Å². The van der Waals surface area contributed by atoms with E-state index in [0.29, 0.717) is 16.7 Å². The topological polar surface area (TPSA) is 0 Å². The Balaban J connectivity index is 1.39. The van der Waals surface area contributed by atoms with Crippen molar-refractivity contribution in [2.45, 2.75) is 90.9 Å². The van der Waals surface area contributed by atoms with Crippen LogP contribution >= 0.6 is 0 Å². The molecule has 0 fully saturated rings. The zero-order chi connectivity index (χ0) is 28.2. The molecule has 0 bridgehead atoms. The number of hydrogen-bond acceptors (Lipinski definition) is 0. The van der Waals surface area contributed by atoms with Crippen molar-refractivity contribution >= 4 is 0 Å². The summed E-state index contributed by atoms with van der Waals surface area (Å²) in [6, 6.07) is 27.7. The van der Waals surface area contributed by atoms with E-state index in [9.17, 15) is 0 Å². The summed E-state index contributed by atoms with van der Waals surface area (Å²) in [7, 11) is 0. The van der Waals surface area contributed by atoms with Gasteiger partial charge in [-0.1, -0.05) is 150 Å². The van der Waals surface area contributed by atoms with Gasteiger partial charge in [-0.15, -0.1) is 0 Å². The molecular formula is C38H44F2. The second-order valence-electron chi connectivity index (χ2n) is 11.1. The first-order chi connectivity index (χ1) is 19.6. The van der Waals surface area contributed by atoms with E-state index < -0.39 is 11.6 Å². The van der Waals surface area contributed by atoms with Gasteiger partial charge in [0.1, 0.15) is 0 Å². The minimum Gasteiger partial charge on any atom is -0.203 e. The summed E-state index contributed by atoms with van der Waals surface area (Å²) in [5.41, 5.74) is 6.78. The number of rotatable bonds is 15. The molecule has 0 heterocycles. The van der Waals surface area contributed by atoms with E-state index in [0.717, 1.165) is 30.4 Å². The maximum atomic E-state index is 15.2. The van der Waals surface area contributed by atoms with Crippen molar-refractivity contribution in [1.82, 2.24) is 0 Å². The summed E-state index contributed by atoms with van der Waals surface area (Å²) in [5.74, 6) is -1.59. The molecule has 0 saturated carbocycles. The fourth-order valence-electron chi connectivity index (χ4n) is 5.42. The Kier molecular flexibility index (Phi) is 11.5. The highest BCUT2D eigenvalue weighted by Crippen LogP contribution is 2.33. The molecule has 2 heteroatoms. The van der Waals surface area contributed by atoms with Gasteiger partial charge >= 0.3 is 0 Å². The highest BCUT2D eigenvalue weighted by molar-refractivity contribution is 5.74. The molecule has 0 radical (unpaired) electrons. The number of aryl methyl sites for hydroxylation is 2. The fourth-order valence-corrected chi connectivity index (χ4v) is 5.42. The van der Waals surface area contributed by atoms with Gasteiger partial charge in [-0.3, -0.25) is 0 Å². The largest absolute Gasteiger partial charge is 0.203 e. The van der Waals surface area contributed by atoms with Crippen LogP contribution in [0.5, 0.6) is 0 Å². The average Bonchev–Trinajstić information content (AvgIpc) is 2.99. The molecule has 0 aliphatic heterocycles. The zero-order valence-electron chi connectivity index (χ0n) is 24.3. The lowest BCUT2D eigenvalue weighted by Crippen LogP contribution is -1.94. The molecule has 0 nitrogen and oxygen atoms in total. The van der Waals surface area contributed by atoms with Crippen LogP contribution in [-0.2, 0) is 12.8 Å². The SMILES string of the molecule is CCCCCCCCc1ccc(-c2ccc(-c3ccc(-c4ccc(CCCCCC)cc4)c(F)c3F)cc2)cc1. The maximum Gasteiger partial charge on any atom is 0.167 e. The van der Waals surface area contributed by atoms with E-state index in [2.05, 4.69) is 38.1 Å². The third kappa shape index (κ3) is 8.13. The highest BCUT2D eigenvalue weighted by atomic mass is 19.2. The van der Waals surface area contributed by atoms with Crippen LogP contribution in [-0.4, -0.2) is 0 Å². The van der Waals surface area contributed by atoms with Gasteiger partial charge in [0, 0.05) is 11.1 Å². The molecule has 0 spiro atoms. The van der Waals surface area contributed by atoms with Crippen molar-refractivity contribution in [3.63, 3.8) is 0 Å². The quantitative estimate of drug-likeness (QED) is 0.132. The first-order valence-electron chi connectivity index (χ1n) is 15.4. The predicted octanol–water partition coefficient (Wildman–Crippen LogP) is 12.0. The summed E-state index contributed by atoms with van der Waals surface area (Å²) in [6.45, 7) is 4.46. The fraction of sp³-hybridized carbons (Fsp3) is 0.368. The molecule has 0 N–H and O–H groups in total. The molecule has 4 rings (SSSR count). The van der Waals surface area contributed by atoms with Crippen LogP contribution in [0.2, 0.25) is 0 Å². The number of benzene rings is 4. The van der Waals surface area contributed by atoms with Crippen molar-refractivity contribution < 1.29 is 8.78 Å². The van der Waals surface area contributed by atoms with Gasteiger partial charge < -0.3 is 0 Å². The monoisotopic (exact) mass is 538 g/mol. The normalized spacial score (nSPS) is 11.2. The van der Waals surface area contributed by atoms with Crippen LogP contribution in [0.1, 0.15) is 89.2 Å². The van der Waals surface area contributed by atoms with E-state index in [1.807, 2.05) is 48.5 Å². The first kappa shape index (κ1) is 29.7. The van der Waals surface area contributed by atoms with Gasteiger partial charge in [0.2, 0.25) is 0 Å². The summed E-state index contributed by atoms with van der Waals surface area (Å²) < 4.78 is 30.4. The molecule has 0 aromatic heterocycles. The molecule has 0 atom stereocenters. The Hall–Kier alpha value is -3.26. The van der Waals surface area contributed by atoms with Gasteiger partial charge in [0.25, 0.3) is 0 Å².